The molecule has 2 aromatic rings. The standard InChI is InChI=1S/C20H21N5O5/c1-4-14(17(21)27)23-18(28)15(5-2)24-19(29)16-10-30-20(25-16)12-6-8-13(9-7-12)22-11(3)26/h4-10H,1-3H3,(H2,21,27)(H,22,26)(H,23,28)(H,24,29)/b14-4+,15-5-. The average molecular weight is 411 g/mol. The Bertz CT molecular complexity index is 1030. The molecule has 0 aliphatic rings. The van der Waals surface area contributed by atoms with Gasteiger partial charge < -0.3 is 26.1 Å². The summed E-state index contributed by atoms with van der Waals surface area (Å²) >= 11 is 0. The van der Waals surface area contributed by atoms with E-state index < -0.39 is 17.7 Å². The number of amides is 4. The molecule has 0 bridgehead atoms. The summed E-state index contributed by atoms with van der Waals surface area (Å²) in [4.78, 5) is 51.1. The number of oxazole rings is 1. The fourth-order valence-electron chi connectivity index (χ4n) is 2.32. The number of carbonyl (C=O) groups excluding carboxylic acids is 4. The Hall–Kier alpha value is -4.21. The van der Waals surface area contributed by atoms with Crippen molar-refractivity contribution in [2.75, 3.05) is 5.32 Å². The van der Waals surface area contributed by atoms with E-state index in [2.05, 4.69) is 20.9 Å². The number of benzene rings is 1. The molecule has 10 nitrogen and oxygen atoms in total. The predicted octanol–water partition coefficient (Wildman–Crippen LogP) is 1.44. The number of nitrogens with two attached hydrogens (primary N) is 1. The number of hydrogen-bond acceptors (Lipinski definition) is 6. The van der Waals surface area contributed by atoms with Gasteiger partial charge in [0.15, 0.2) is 5.69 Å². The summed E-state index contributed by atoms with van der Waals surface area (Å²) in [6, 6.07) is 6.68. The largest absolute Gasteiger partial charge is 0.444 e. The minimum Gasteiger partial charge on any atom is -0.444 e. The van der Waals surface area contributed by atoms with Gasteiger partial charge in [0, 0.05) is 18.2 Å². The van der Waals surface area contributed by atoms with Crippen LogP contribution in [0.2, 0.25) is 0 Å². The zero-order valence-corrected chi connectivity index (χ0v) is 16.6. The fourth-order valence-corrected chi connectivity index (χ4v) is 2.32. The van der Waals surface area contributed by atoms with Gasteiger partial charge in [-0.25, -0.2) is 4.98 Å². The number of nitrogens with zero attached hydrogens (tertiary/aromatic N) is 1. The van der Waals surface area contributed by atoms with Crippen LogP contribution in [-0.2, 0) is 14.4 Å². The van der Waals surface area contributed by atoms with Crippen LogP contribution in [0, 0.1) is 0 Å². The summed E-state index contributed by atoms with van der Waals surface area (Å²) in [6.07, 6.45) is 3.86. The van der Waals surface area contributed by atoms with Gasteiger partial charge in [-0.15, -0.1) is 0 Å². The van der Waals surface area contributed by atoms with Crippen LogP contribution in [-0.4, -0.2) is 28.6 Å². The van der Waals surface area contributed by atoms with Crippen molar-refractivity contribution in [2.24, 2.45) is 5.73 Å². The van der Waals surface area contributed by atoms with Gasteiger partial charge in [0.25, 0.3) is 17.7 Å². The molecule has 0 saturated carbocycles. The molecule has 0 radical (unpaired) electrons. The SMILES string of the molecule is C/C=C(\NC(=O)c1coc(-c2ccc(NC(C)=O)cc2)n1)C(=O)N/C(=C/C)C(N)=O. The molecule has 10 heteroatoms. The molecule has 2 rings (SSSR count). The first-order valence-corrected chi connectivity index (χ1v) is 8.83. The lowest BCUT2D eigenvalue weighted by atomic mass is 10.2. The van der Waals surface area contributed by atoms with Crippen molar-refractivity contribution in [3.63, 3.8) is 0 Å². The molecule has 0 atom stereocenters. The Morgan fingerprint density at radius 1 is 1.00 bits per heavy atom. The first-order chi connectivity index (χ1) is 14.2. The van der Waals surface area contributed by atoms with Crippen LogP contribution in [0.3, 0.4) is 0 Å². The van der Waals surface area contributed by atoms with Crippen LogP contribution in [0.15, 0.2) is 58.5 Å². The van der Waals surface area contributed by atoms with Crippen molar-refractivity contribution in [3.8, 4) is 11.5 Å². The Kier molecular flexibility index (Phi) is 7.23. The molecule has 0 aliphatic carbocycles. The lowest BCUT2D eigenvalue weighted by molar-refractivity contribution is -0.120. The molecule has 0 aliphatic heterocycles. The van der Waals surface area contributed by atoms with Crippen molar-refractivity contribution in [3.05, 3.63) is 59.8 Å². The number of anilines is 1. The number of rotatable bonds is 7. The van der Waals surface area contributed by atoms with Gasteiger partial charge in [-0.1, -0.05) is 12.2 Å². The highest BCUT2D eigenvalue weighted by Gasteiger charge is 2.19. The second kappa shape index (κ2) is 9.82. The molecule has 0 fully saturated rings. The third kappa shape index (κ3) is 5.64. The summed E-state index contributed by atoms with van der Waals surface area (Å²) < 4.78 is 5.33. The average Bonchev–Trinajstić information content (AvgIpc) is 3.20. The van der Waals surface area contributed by atoms with E-state index in [0.29, 0.717) is 11.3 Å². The van der Waals surface area contributed by atoms with Gasteiger partial charge in [-0.05, 0) is 38.1 Å². The Morgan fingerprint density at radius 2 is 1.63 bits per heavy atom. The molecule has 30 heavy (non-hydrogen) atoms. The van der Waals surface area contributed by atoms with E-state index >= 15 is 0 Å². The van der Waals surface area contributed by atoms with E-state index in [1.807, 2.05) is 0 Å². The number of nitrogens with one attached hydrogen (secondary N) is 3. The summed E-state index contributed by atoms with van der Waals surface area (Å²) in [5, 5.41) is 7.36. The number of primary amides is 1. The van der Waals surface area contributed by atoms with Gasteiger partial charge in [-0.2, -0.15) is 0 Å². The van der Waals surface area contributed by atoms with Crippen molar-refractivity contribution in [1.82, 2.24) is 15.6 Å². The van der Waals surface area contributed by atoms with E-state index in [-0.39, 0.29) is 28.9 Å². The third-order valence-electron chi connectivity index (χ3n) is 3.77. The van der Waals surface area contributed by atoms with E-state index in [9.17, 15) is 19.2 Å². The highest BCUT2D eigenvalue weighted by atomic mass is 16.3. The molecule has 156 valence electrons. The summed E-state index contributed by atoms with van der Waals surface area (Å²) in [7, 11) is 0. The van der Waals surface area contributed by atoms with Crippen LogP contribution in [0.1, 0.15) is 31.3 Å². The predicted molar refractivity (Wildman–Crippen MR) is 109 cm³/mol. The zero-order valence-electron chi connectivity index (χ0n) is 16.6. The molecule has 5 N–H and O–H groups in total. The highest BCUT2D eigenvalue weighted by Crippen LogP contribution is 2.21. The van der Waals surface area contributed by atoms with Crippen molar-refractivity contribution < 1.29 is 23.6 Å². The molecule has 0 saturated heterocycles. The molecule has 1 heterocycles. The minimum atomic E-state index is -0.807. The lowest BCUT2D eigenvalue weighted by Crippen LogP contribution is -2.37. The topological polar surface area (TPSA) is 156 Å². The molecule has 0 spiro atoms. The summed E-state index contributed by atoms with van der Waals surface area (Å²) in [5.41, 5.74) is 6.10. The van der Waals surface area contributed by atoms with E-state index in [0.717, 1.165) is 6.26 Å². The first kappa shape index (κ1) is 22.1. The van der Waals surface area contributed by atoms with Crippen LogP contribution >= 0.6 is 0 Å². The Labute approximate surface area is 172 Å². The molecule has 0 unspecified atom stereocenters. The maximum atomic E-state index is 12.4. The van der Waals surface area contributed by atoms with Gasteiger partial charge in [0.1, 0.15) is 17.7 Å². The smallest absolute Gasteiger partial charge is 0.277 e. The number of allylic oxidation sites excluding steroid dienone is 2. The third-order valence-corrected chi connectivity index (χ3v) is 3.77. The first-order valence-electron chi connectivity index (χ1n) is 8.83. The maximum Gasteiger partial charge on any atom is 0.277 e. The maximum absolute atomic E-state index is 12.4. The van der Waals surface area contributed by atoms with Crippen molar-refractivity contribution >= 4 is 29.3 Å². The van der Waals surface area contributed by atoms with Crippen LogP contribution in [0.4, 0.5) is 5.69 Å². The normalized spacial score (nSPS) is 11.6. The summed E-state index contributed by atoms with van der Waals surface area (Å²) in [5.74, 6) is -2.21. The number of carbonyl (C=O) groups is 4. The van der Waals surface area contributed by atoms with Gasteiger partial charge in [0.2, 0.25) is 11.8 Å². The lowest BCUT2D eigenvalue weighted by Gasteiger charge is -2.10. The molecule has 1 aromatic heterocycles. The Morgan fingerprint density at radius 3 is 2.17 bits per heavy atom. The minimum absolute atomic E-state index is 0.0516. The van der Waals surface area contributed by atoms with E-state index in [1.54, 1.807) is 31.2 Å². The summed E-state index contributed by atoms with van der Waals surface area (Å²) in [6.45, 7) is 4.48. The van der Waals surface area contributed by atoms with E-state index in [1.165, 1.54) is 26.0 Å². The quantitative estimate of drug-likeness (QED) is 0.505. The molecular formula is C20H21N5O5. The monoisotopic (exact) mass is 411 g/mol. The fraction of sp³-hybridized carbons (Fsp3) is 0.150. The van der Waals surface area contributed by atoms with E-state index in [4.69, 9.17) is 10.2 Å². The van der Waals surface area contributed by atoms with Gasteiger partial charge in [0.05, 0.1) is 0 Å². The number of hydrogen-bond donors (Lipinski definition) is 4. The van der Waals surface area contributed by atoms with Crippen LogP contribution in [0.25, 0.3) is 11.5 Å². The molecule has 4 amide bonds. The van der Waals surface area contributed by atoms with Crippen LogP contribution in [0.5, 0.6) is 0 Å². The second-order valence-electron chi connectivity index (χ2n) is 5.97. The second-order valence-corrected chi connectivity index (χ2v) is 5.97. The molecular weight excluding hydrogens is 390 g/mol. The molecule has 1 aromatic carbocycles. The highest BCUT2D eigenvalue weighted by molar-refractivity contribution is 6.05. The van der Waals surface area contributed by atoms with Crippen molar-refractivity contribution in [1.29, 1.82) is 0 Å². The number of aromatic nitrogens is 1. The van der Waals surface area contributed by atoms with Crippen molar-refractivity contribution in [2.45, 2.75) is 20.8 Å². The van der Waals surface area contributed by atoms with Crippen LogP contribution < -0.4 is 21.7 Å². The van der Waals surface area contributed by atoms with Gasteiger partial charge >= 0.3 is 0 Å². The zero-order chi connectivity index (χ0) is 22.3. The Balaban J connectivity index is 2.09. The van der Waals surface area contributed by atoms with Gasteiger partial charge in [-0.3, -0.25) is 19.2 Å².